The predicted octanol–water partition coefficient (Wildman–Crippen LogP) is 9.95. The quantitative estimate of drug-likeness (QED) is 0.0501. The van der Waals surface area contributed by atoms with Crippen LogP contribution in [-0.4, -0.2) is 95.4 Å². The molecule has 0 aliphatic carbocycles. The fraction of sp³-hybridized carbons (Fsp3) is 0.720. The van der Waals surface area contributed by atoms with Crippen molar-refractivity contribution >= 4 is 60.8 Å². The van der Waals surface area contributed by atoms with Gasteiger partial charge in [-0.2, -0.15) is 0 Å². The van der Waals surface area contributed by atoms with Crippen molar-refractivity contribution in [2.45, 2.75) is 231 Å². The minimum Gasteiger partial charge on any atom is -0.550 e. The van der Waals surface area contributed by atoms with E-state index in [-0.39, 0.29) is 73.9 Å². The van der Waals surface area contributed by atoms with Gasteiger partial charge >= 0.3 is 48.9 Å². The zero-order valence-corrected chi connectivity index (χ0v) is 41.8. The summed E-state index contributed by atoms with van der Waals surface area (Å²) in [5, 5.41) is 42.2. The number of aliphatic hydroxyl groups is 2. The van der Waals surface area contributed by atoms with Gasteiger partial charge in [-0.05, 0) is 62.5 Å². The van der Waals surface area contributed by atoms with E-state index in [0.717, 1.165) is 114 Å². The third-order valence-corrected chi connectivity index (χ3v) is 10.9. The van der Waals surface area contributed by atoms with E-state index in [1.807, 2.05) is 36.4 Å². The van der Waals surface area contributed by atoms with Gasteiger partial charge in [-0.25, -0.2) is 0 Å². The number of hydrogen-bond acceptors (Lipinski definition) is 8. The minimum atomic E-state index is -0.952. The smallest absolute Gasteiger partial charge is 0.550 e. The van der Waals surface area contributed by atoms with E-state index < -0.39 is 24.1 Å². The third-order valence-electron chi connectivity index (χ3n) is 10.9. The first-order valence-electron chi connectivity index (χ1n) is 23.3. The maximum absolute atomic E-state index is 10.7. The number of carbonyl (C=O) groups is 2. The Morgan fingerprint density at radius 1 is 0.458 bits per heavy atom. The van der Waals surface area contributed by atoms with Gasteiger partial charge in [0.2, 0.25) is 0 Å². The molecule has 0 bridgehead atoms. The van der Waals surface area contributed by atoms with Crippen molar-refractivity contribution < 1.29 is 39.5 Å². The first kappa shape index (κ1) is 57.8. The van der Waals surface area contributed by atoms with Crippen LogP contribution in [0.25, 0.3) is 0 Å². The molecule has 8 nitrogen and oxygen atoms in total. The van der Waals surface area contributed by atoms with E-state index in [1.165, 1.54) is 51.4 Å². The van der Waals surface area contributed by atoms with Crippen LogP contribution in [0.1, 0.15) is 205 Å². The second-order valence-electron chi connectivity index (χ2n) is 16.3. The van der Waals surface area contributed by atoms with Crippen LogP contribution in [0.4, 0.5) is 0 Å². The van der Waals surface area contributed by atoms with Gasteiger partial charge in [0.1, 0.15) is 0 Å². The SMILES string of the molecule is CCCCCCCC(O)C(CCCCCCCCC(=O)[O-])OCc1ccccc1.CCCCCCCC(O)C(CCCCCCCCC(=O)[O-])OCc1ccccc1.[Ba+2]. The summed E-state index contributed by atoms with van der Waals surface area (Å²) in [5.74, 6) is -1.90. The molecule has 9 heteroatoms. The van der Waals surface area contributed by atoms with Crippen molar-refractivity contribution in [1.29, 1.82) is 0 Å². The summed E-state index contributed by atoms with van der Waals surface area (Å²) >= 11 is 0. The molecule has 2 aromatic carbocycles. The minimum absolute atomic E-state index is 0. The molecule has 0 saturated carbocycles. The molecule has 0 aliphatic heterocycles. The first-order chi connectivity index (χ1) is 28.3. The predicted molar refractivity (Wildman–Crippen MR) is 238 cm³/mol. The second-order valence-corrected chi connectivity index (χ2v) is 16.3. The molecule has 0 heterocycles. The normalized spacial score (nSPS) is 13.1. The van der Waals surface area contributed by atoms with E-state index in [1.54, 1.807) is 0 Å². The molecular formula is C50H82BaO8. The molecule has 0 amide bonds. The van der Waals surface area contributed by atoms with Gasteiger partial charge in [0.25, 0.3) is 0 Å². The average molecular weight is 949 g/mol. The van der Waals surface area contributed by atoms with Crippen molar-refractivity contribution in [3.8, 4) is 0 Å². The van der Waals surface area contributed by atoms with Crippen molar-refractivity contribution in [3.63, 3.8) is 0 Å². The molecule has 59 heavy (non-hydrogen) atoms. The number of rotatable bonds is 38. The summed E-state index contributed by atoms with van der Waals surface area (Å²) in [6.07, 6.45) is 26.6. The number of hydrogen-bond donors (Lipinski definition) is 2. The van der Waals surface area contributed by atoms with Crippen molar-refractivity contribution in [1.82, 2.24) is 0 Å². The molecule has 0 aromatic heterocycles. The summed E-state index contributed by atoms with van der Waals surface area (Å²) in [7, 11) is 0. The molecule has 2 aromatic rings. The summed E-state index contributed by atoms with van der Waals surface area (Å²) in [6, 6.07) is 20.3. The molecular weight excluding hydrogens is 866 g/mol. The van der Waals surface area contributed by atoms with E-state index in [0.29, 0.717) is 26.1 Å². The number of carboxylic acids is 2. The van der Waals surface area contributed by atoms with Crippen molar-refractivity contribution in [2.75, 3.05) is 0 Å². The first-order valence-corrected chi connectivity index (χ1v) is 23.3. The van der Waals surface area contributed by atoms with Crippen molar-refractivity contribution in [2.24, 2.45) is 0 Å². The zero-order valence-electron chi connectivity index (χ0n) is 37.3. The number of unbranched alkanes of at least 4 members (excludes halogenated alkanes) is 18. The molecule has 0 fully saturated rings. The fourth-order valence-electron chi connectivity index (χ4n) is 7.26. The Hall–Kier alpha value is -1.21. The number of aliphatic carboxylic acids is 2. The standard InChI is InChI=1S/2C25H42O4.Ba/c2*1-2-3-4-7-13-18-23(26)24(29-21-22-16-11-10-12-17-22)19-14-8-5-6-9-15-20-25(27)28;/h2*10-12,16-17,23-24,26H,2-9,13-15,18-21H2,1H3,(H,27,28);/q;;+2/p-2. The van der Waals surface area contributed by atoms with Crippen LogP contribution >= 0.6 is 0 Å². The molecule has 0 aliphatic rings. The molecule has 2 N–H and O–H groups in total. The Bertz CT molecular complexity index is 1110. The summed E-state index contributed by atoms with van der Waals surface area (Å²) in [5.41, 5.74) is 2.28. The Morgan fingerprint density at radius 2 is 0.746 bits per heavy atom. The average Bonchev–Trinajstić information content (AvgIpc) is 3.22. The number of ether oxygens (including phenoxy) is 2. The van der Waals surface area contributed by atoms with E-state index in [9.17, 15) is 30.0 Å². The monoisotopic (exact) mass is 949 g/mol. The number of aliphatic hydroxyl groups excluding tert-OH is 2. The Balaban J connectivity index is 0.00000112. The second kappa shape index (κ2) is 42.1. The Kier molecular flexibility index (Phi) is 41.2. The van der Waals surface area contributed by atoms with Gasteiger partial charge in [0.15, 0.2) is 0 Å². The molecule has 4 unspecified atom stereocenters. The van der Waals surface area contributed by atoms with Gasteiger partial charge in [-0.3, -0.25) is 0 Å². The van der Waals surface area contributed by atoms with Crippen LogP contribution in [0.5, 0.6) is 0 Å². The van der Waals surface area contributed by atoms with Gasteiger partial charge in [0.05, 0.1) is 37.6 Å². The van der Waals surface area contributed by atoms with Gasteiger partial charge in [-0.1, -0.05) is 203 Å². The maximum Gasteiger partial charge on any atom is 2.00 e. The molecule has 2 rings (SSSR count). The summed E-state index contributed by atoms with van der Waals surface area (Å²) < 4.78 is 12.2. The van der Waals surface area contributed by atoms with Crippen LogP contribution in [0, 0.1) is 0 Å². The topological polar surface area (TPSA) is 139 Å². The molecule has 0 saturated heterocycles. The molecule has 0 spiro atoms. The van der Waals surface area contributed by atoms with Gasteiger partial charge < -0.3 is 39.5 Å². The van der Waals surface area contributed by atoms with Crippen LogP contribution in [0.3, 0.4) is 0 Å². The van der Waals surface area contributed by atoms with Crippen molar-refractivity contribution in [3.05, 3.63) is 71.8 Å². The number of carbonyl (C=O) groups excluding carboxylic acids is 2. The van der Waals surface area contributed by atoms with E-state index >= 15 is 0 Å². The summed E-state index contributed by atoms with van der Waals surface area (Å²) in [6.45, 7) is 5.51. The molecule has 0 radical (unpaired) electrons. The maximum atomic E-state index is 10.7. The summed E-state index contributed by atoms with van der Waals surface area (Å²) in [4.78, 5) is 20.8. The van der Waals surface area contributed by atoms with E-state index in [4.69, 9.17) is 9.47 Å². The Morgan fingerprint density at radius 3 is 1.07 bits per heavy atom. The Labute approximate surface area is 400 Å². The van der Waals surface area contributed by atoms with Crippen LogP contribution in [0.15, 0.2) is 60.7 Å². The van der Waals surface area contributed by atoms with E-state index in [2.05, 4.69) is 38.1 Å². The largest absolute Gasteiger partial charge is 2.00 e. The fourth-order valence-corrected chi connectivity index (χ4v) is 7.26. The zero-order chi connectivity index (χ0) is 42.3. The van der Waals surface area contributed by atoms with Crippen LogP contribution in [0.2, 0.25) is 0 Å². The molecule has 332 valence electrons. The van der Waals surface area contributed by atoms with Gasteiger partial charge in [0, 0.05) is 11.9 Å². The van der Waals surface area contributed by atoms with Crippen LogP contribution < -0.4 is 10.2 Å². The third kappa shape index (κ3) is 36.0. The molecule has 4 atom stereocenters. The number of benzene rings is 2. The number of carboxylic acid groups (broad SMARTS) is 2. The van der Waals surface area contributed by atoms with Gasteiger partial charge in [-0.15, -0.1) is 0 Å². The van der Waals surface area contributed by atoms with Crippen LogP contribution in [-0.2, 0) is 32.3 Å².